The van der Waals surface area contributed by atoms with Crippen LogP contribution in [0.5, 0.6) is 0 Å². The minimum absolute atomic E-state index is 0.0652. The van der Waals surface area contributed by atoms with Gasteiger partial charge in [-0.05, 0) is 29.8 Å². The van der Waals surface area contributed by atoms with E-state index in [1.165, 1.54) is 48.8 Å². The predicted octanol–water partition coefficient (Wildman–Crippen LogP) is 3.47. The van der Waals surface area contributed by atoms with E-state index in [1.807, 2.05) is 5.43 Å². The number of pyridine rings is 1. The van der Waals surface area contributed by atoms with Crippen molar-refractivity contribution in [2.24, 2.45) is 0 Å². The molecule has 4 N–H and O–H groups in total. The molecule has 2 heterocycles. The van der Waals surface area contributed by atoms with Crippen LogP contribution < -0.4 is 16.3 Å². The first-order chi connectivity index (χ1) is 17.7. The second kappa shape index (κ2) is 10.5. The molecule has 0 atom stereocenters. The molecular formula is C23H16ClN7O6. The van der Waals surface area contributed by atoms with Crippen molar-refractivity contribution in [3.8, 4) is 22.4 Å². The molecule has 0 radical (unpaired) electrons. The van der Waals surface area contributed by atoms with E-state index in [-0.39, 0.29) is 33.8 Å². The first-order valence-corrected chi connectivity index (χ1v) is 10.8. The number of nitrogens with one attached hydrogen (secondary N) is 3. The Morgan fingerprint density at radius 2 is 1.62 bits per heavy atom. The summed E-state index contributed by atoms with van der Waals surface area (Å²) in [5.74, 6) is -1.62. The van der Waals surface area contributed by atoms with Crippen LogP contribution in [0.3, 0.4) is 0 Å². The minimum atomic E-state index is -1.54. The van der Waals surface area contributed by atoms with Gasteiger partial charge in [-0.15, -0.1) is 0 Å². The summed E-state index contributed by atoms with van der Waals surface area (Å²) in [5, 5.41) is 25.4. The average molecular weight is 522 g/mol. The van der Waals surface area contributed by atoms with E-state index in [1.54, 1.807) is 24.3 Å². The number of carbonyl (C=O) groups is 3. The summed E-state index contributed by atoms with van der Waals surface area (Å²) in [6.07, 6.45) is 1.24. The molecule has 0 aliphatic carbocycles. The summed E-state index contributed by atoms with van der Waals surface area (Å²) in [5.41, 5.74) is 6.87. The summed E-state index contributed by atoms with van der Waals surface area (Å²) in [6.45, 7) is 0. The minimum Gasteiger partial charge on any atom is -0.464 e. The number of nitro groups is 1. The third-order valence-electron chi connectivity index (χ3n) is 5.00. The van der Waals surface area contributed by atoms with Gasteiger partial charge in [0.2, 0.25) is 0 Å². The number of nitrogens with zero attached hydrogens (tertiary/aromatic N) is 4. The van der Waals surface area contributed by atoms with Crippen molar-refractivity contribution < 1.29 is 24.4 Å². The number of hydrazine groups is 1. The van der Waals surface area contributed by atoms with E-state index in [2.05, 4.69) is 20.9 Å². The lowest BCUT2D eigenvalue weighted by molar-refractivity contribution is -0.384. The van der Waals surface area contributed by atoms with Gasteiger partial charge in [-0.3, -0.25) is 35.5 Å². The van der Waals surface area contributed by atoms with E-state index in [4.69, 9.17) is 11.6 Å². The maximum absolute atomic E-state index is 13.3. The van der Waals surface area contributed by atoms with Gasteiger partial charge in [0.1, 0.15) is 5.69 Å². The van der Waals surface area contributed by atoms with Gasteiger partial charge in [-0.25, -0.2) is 10.2 Å². The lowest BCUT2D eigenvalue weighted by Gasteiger charge is -2.11. The smallest absolute Gasteiger partial charge is 0.425 e. The molecule has 13 nitrogen and oxygen atoms in total. The van der Waals surface area contributed by atoms with Gasteiger partial charge in [-0.2, -0.15) is 9.89 Å². The molecule has 0 aliphatic heterocycles. The van der Waals surface area contributed by atoms with Gasteiger partial charge in [-0.1, -0.05) is 35.9 Å². The number of rotatable bonds is 6. The number of non-ortho nitro benzene ring substituents is 1. The molecule has 2 aromatic carbocycles. The first kappa shape index (κ1) is 24.8. The molecule has 0 fully saturated rings. The summed E-state index contributed by atoms with van der Waals surface area (Å²) >= 11 is 5.99. The van der Waals surface area contributed by atoms with Gasteiger partial charge in [0.25, 0.3) is 17.5 Å². The van der Waals surface area contributed by atoms with Crippen molar-refractivity contribution in [3.05, 3.63) is 99.5 Å². The van der Waals surface area contributed by atoms with Crippen molar-refractivity contribution in [3.63, 3.8) is 0 Å². The number of hydrogen-bond donors (Lipinski definition) is 4. The Labute approximate surface area is 212 Å². The standard InChI is InChI=1S/C23H16ClN7O6/c24-16-6-4-13(5-7-16)19-18(15-2-1-3-17(12-15)31(36)37)20(30(28-19)29-23(34)35)22(33)27-26-21(32)14-8-10-25-11-9-14/h1-12,29H,(H,26,32)(H,27,33)(H,34,35). The molecule has 4 aromatic rings. The first-order valence-electron chi connectivity index (χ1n) is 10.4. The highest BCUT2D eigenvalue weighted by molar-refractivity contribution is 6.30. The van der Waals surface area contributed by atoms with Crippen molar-refractivity contribution in [1.29, 1.82) is 0 Å². The van der Waals surface area contributed by atoms with E-state index in [0.717, 1.165) is 0 Å². The van der Waals surface area contributed by atoms with E-state index in [9.17, 15) is 29.6 Å². The summed E-state index contributed by atoms with van der Waals surface area (Å²) < 4.78 is 0. The van der Waals surface area contributed by atoms with Crippen LogP contribution in [0.2, 0.25) is 5.02 Å². The van der Waals surface area contributed by atoms with Crippen LogP contribution in [0.1, 0.15) is 20.8 Å². The number of nitro benzene ring substituents is 1. The highest BCUT2D eigenvalue weighted by atomic mass is 35.5. The van der Waals surface area contributed by atoms with E-state index < -0.39 is 22.8 Å². The van der Waals surface area contributed by atoms with Crippen LogP contribution in [0, 0.1) is 10.1 Å². The molecule has 3 amide bonds. The number of amides is 3. The lowest BCUT2D eigenvalue weighted by Crippen LogP contribution is -2.43. The fourth-order valence-electron chi connectivity index (χ4n) is 3.41. The van der Waals surface area contributed by atoms with Crippen LogP contribution in [-0.2, 0) is 0 Å². The van der Waals surface area contributed by atoms with Crippen LogP contribution in [0.15, 0.2) is 73.1 Å². The van der Waals surface area contributed by atoms with Crippen LogP contribution >= 0.6 is 11.6 Å². The lowest BCUT2D eigenvalue weighted by atomic mass is 9.98. The third kappa shape index (κ3) is 5.52. The largest absolute Gasteiger partial charge is 0.464 e. The van der Waals surface area contributed by atoms with Gasteiger partial charge in [0.05, 0.1) is 4.92 Å². The molecule has 0 unspecified atom stereocenters. The van der Waals surface area contributed by atoms with Gasteiger partial charge < -0.3 is 5.11 Å². The maximum Gasteiger partial charge on any atom is 0.425 e. The van der Waals surface area contributed by atoms with Gasteiger partial charge in [0.15, 0.2) is 5.69 Å². The zero-order valence-electron chi connectivity index (χ0n) is 18.6. The Morgan fingerprint density at radius 1 is 0.946 bits per heavy atom. The van der Waals surface area contributed by atoms with Crippen molar-refractivity contribution in [1.82, 2.24) is 25.7 Å². The highest BCUT2D eigenvalue weighted by Crippen LogP contribution is 2.36. The normalized spacial score (nSPS) is 10.4. The second-order valence-corrected chi connectivity index (χ2v) is 7.80. The predicted molar refractivity (Wildman–Crippen MR) is 131 cm³/mol. The number of benzene rings is 2. The Bertz CT molecular complexity index is 1510. The van der Waals surface area contributed by atoms with Gasteiger partial charge >= 0.3 is 6.09 Å². The molecule has 0 aliphatic rings. The van der Waals surface area contributed by atoms with Crippen LogP contribution in [-0.4, -0.2) is 42.8 Å². The fraction of sp³-hybridized carbons (Fsp3) is 0. The molecule has 2 aromatic heterocycles. The van der Waals surface area contributed by atoms with Gasteiger partial charge in [0, 0.05) is 46.2 Å². The molecular weight excluding hydrogens is 506 g/mol. The highest BCUT2D eigenvalue weighted by Gasteiger charge is 2.28. The van der Waals surface area contributed by atoms with Crippen LogP contribution in [0.25, 0.3) is 22.4 Å². The summed E-state index contributed by atoms with van der Waals surface area (Å²) in [7, 11) is 0. The zero-order valence-corrected chi connectivity index (χ0v) is 19.3. The quantitative estimate of drug-likeness (QED) is 0.219. The van der Waals surface area contributed by atoms with Crippen molar-refractivity contribution in [2.45, 2.75) is 0 Å². The van der Waals surface area contributed by atoms with Crippen molar-refractivity contribution in [2.75, 3.05) is 5.43 Å². The van der Waals surface area contributed by atoms with E-state index >= 15 is 0 Å². The number of hydrogen-bond acceptors (Lipinski definition) is 7. The van der Waals surface area contributed by atoms with Crippen LogP contribution in [0.4, 0.5) is 10.5 Å². The third-order valence-corrected chi connectivity index (χ3v) is 5.25. The molecule has 186 valence electrons. The Balaban J connectivity index is 1.85. The number of aromatic nitrogens is 3. The molecule has 14 heteroatoms. The SMILES string of the molecule is O=C(O)Nn1nc(-c2ccc(Cl)cc2)c(-c2cccc([N+](=O)[O-])c2)c1C(=O)NNC(=O)c1ccncc1. The zero-order chi connectivity index (χ0) is 26.5. The Morgan fingerprint density at radius 3 is 2.27 bits per heavy atom. The summed E-state index contributed by atoms with van der Waals surface area (Å²) in [6, 6.07) is 14.5. The molecule has 0 bridgehead atoms. The molecule has 37 heavy (non-hydrogen) atoms. The number of carbonyl (C=O) groups excluding carboxylic acids is 2. The molecule has 4 rings (SSSR count). The topological polar surface area (TPSA) is 181 Å². The Hall–Kier alpha value is -5.30. The molecule has 0 saturated carbocycles. The second-order valence-electron chi connectivity index (χ2n) is 7.36. The number of carboxylic acid groups (broad SMARTS) is 1. The summed E-state index contributed by atoms with van der Waals surface area (Å²) in [4.78, 5) is 52.5. The number of halogens is 1. The fourth-order valence-corrected chi connectivity index (χ4v) is 3.53. The Kier molecular flexibility index (Phi) is 7.06. The van der Waals surface area contributed by atoms with E-state index in [0.29, 0.717) is 15.4 Å². The monoisotopic (exact) mass is 521 g/mol. The molecule has 0 saturated heterocycles. The average Bonchev–Trinajstić information content (AvgIpc) is 3.26. The maximum atomic E-state index is 13.3. The molecule has 0 spiro atoms. The van der Waals surface area contributed by atoms with Crippen molar-refractivity contribution >= 4 is 35.2 Å².